The zero-order valence-corrected chi connectivity index (χ0v) is 11.2. The number of hydrogen-bond donors (Lipinski definition) is 0. The van der Waals surface area contributed by atoms with Crippen molar-refractivity contribution in [2.45, 2.75) is 52.7 Å². The molecule has 2 aliphatic rings. The third-order valence-electron chi connectivity index (χ3n) is 4.00. The summed E-state index contributed by atoms with van der Waals surface area (Å²) in [5, 5.41) is 0. The van der Waals surface area contributed by atoms with Crippen LogP contribution in [0.2, 0.25) is 0 Å². The Labute approximate surface area is 103 Å². The zero-order chi connectivity index (χ0) is 12.6. The van der Waals surface area contributed by atoms with Crippen molar-refractivity contribution < 1.29 is 14.3 Å². The summed E-state index contributed by atoms with van der Waals surface area (Å²) >= 11 is 0. The van der Waals surface area contributed by atoms with Gasteiger partial charge in [0.25, 0.3) is 5.79 Å². The highest BCUT2D eigenvalue weighted by molar-refractivity contribution is 5.88. The van der Waals surface area contributed by atoms with Crippen molar-refractivity contribution in [2.24, 2.45) is 17.8 Å². The van der Waals surface area contributed by atoms with Crippen LogP contribution >= 0.6 is 0 Å². The number of esters is 1. The molecule has 0 radical (unpaired) electrons. The van der Waals surface area contributed by atoms with E-state index in [1.165, 1.54) is 6.42 Å². The van der Waals surface area contributed by atoms with Crippen LogP contribution in [0.5, 0.6) is 0 Å². The second-order valence-electron chi connectivity index (χ2n) is 5.86. The molecule has 2 rings (SSSR count). The third-order valence-corrected chi connectivity index (χ3v) is 4.00. The molecular formula is C14H22O3. The van der Waals surface area contributed by atoms with Gasteiger partial charge < -0.3 is 9.47 Å². The maximum atomic E-state index is 11.8. The quantitative estimate of drug-likeness (QED) is 0.658. The smallest absolute Gasteiger partial charge is 0.340 e. The van der Waals surface area contributed by atoms with Gasteiger partial charge in [-0.1, -0.05) is 20.8 Å². The minimum absolute atomic E-state index is 0.226. The first-order valence-corrected chi connectivity index (χ1v) is 6.52. The maximum Gasteiger partial charge on any atom is 0.340 e. The Morgan fingerprint density at radius 1 is 1.41 bits per heavy atom. The number of carbonyl (C=O) groups is 1. The van der Waals surface area contributed by atoms with Crippen LogP contribution in [0.4, 0.5) is 0 Å². The summed E-state index contributed by atoms with van der Waals surface area (Å²) < 4.78 is 11.5. The zero-order valence-electron chi connectivity index (χ0n) is 11.2. The molecule has 0 aromatic rings. The van der Waals surface area contributed by atoms with E-state index in [1.54, 1.807) is 13.2 Å². The number of carbonyl (C=O) groups excluding carboxylic acids is 1. The van der Waals surface area contributed by atoms with Crippen LogP contribution in [0, 0.1) is 17.8 Å². The predicted octanol–water partition coefficient (Wildman–Crippen LogP) is 3.25. The van der Waals surface area contributed by atoms with Crippen molar-refractivity contribution >= 4 is 5.97 Å². The molecule has 1 aliphatic carbocycles. The molecular weight excluding hydrogens is 216 g/mol. The second-order valence-corrected chi connectivity index (χ2v) is 5.86. The fourth-order valence-corrected chi connectivity index (χ4v) is 3.01. The molecule has 1 heterocycles. The summed E-state index contributed by atoms with van der Waals surface area (Å²) in [5.41, 5.74) is 0.552. The topological polar surface area (TPSA) is 35.5 Å². The molecule has 17 heavy (non-hydrogen) atoms. The maximum absolute atomic E-state index is 11.8. The fourth-order valence-electron chi connectivity index (χ4n) is 3.01. The van der Waals surface area contributed by atoms with Crippen LogP contribution < -0.4 is 0 Å². The average Bonchev–Trinajstić information content (AvgIpc) is 2.23. The minimum atomic E-state index is -0.706. The lowest BCUT2D eigenvalue weighted by Gasteiger charge is -2.47. The second kappa shape index (κ2) is 4.35. The van der Waals surface area contributed by atoms with E-state index in [0.717, 1.165) is 12.8 Å². The van der Waals surface area contributed by atoms with E-state index in [4.69, 9.17) is 9.47 Å². The molecule has 1 spiro atoms. The van der Waals surface area contributed by atoms with Crippen LogP contribution in [0.25, 0.3) is 0 Å². The monoisotopic (exact) mass is 238 g/mol. The van der Waals surface area contributed by atoms with Gasteiger partial charge in [0.15, 0.2) is 0 Å². The van der Waals surface area contributed by atoms with Crippen LogP contribution in [-0.4, -0.2) is 11.8 Å². The Morgan fingerprint density at radius 2 is 2.12 bits per heavy atom. The van der Waals surface area contributed by atoms with Crippen molar-refractivity contribution in [3.05, 3.63) is 11.8 Å². The Morgan fingerprint density at radius 3 is 2.71 bits per heavy atom. The summed E-state index contributed by atoms with van der Waals surface area (Å²) in [5.74, 6) is 0.373. The van der Waals surface area contributed by atoms with Gasteiger partial charge in [-0.2, -0.15) is 0 Å². The van der Waals surface area contributed by atoms with Crippen LogP contribution in [0.3, 0.4) is 0 Å². The SMILES string of the molecule is CC1=CO[C@]2(C[C@H](C)CC[C@H]2C(C)C)OC1=O. The van der Waals surface area contributed by atoms with E-state index in [0.29, 0.717) is 23.3 Å². The lowest BCUT2D eigenvalue weighted by atomic mass is 9.72. The first-order valence-electron chi connectivity index (χ1n) is 6.52. The van der Waals surface area contributed by atoms with Gasteiger partial charge >= 0.3 is 5.97 Å². The molecule has 1 aliphatic heterocycles. The molecule has 0 aromatic heterocycles. The molecule has 0 amide bonds. The van der Waals surface area contributed by atoms with Gasteiger partial charge in [-0.3, -0.25) is 0 Å². The predicted molar refractivity (Wildman–Crippen MR) is 65.0 cm³/mol. The Balaban J connectivity index is 2.28. The number of ether oxygens (including phenoxy) is 2. The minimum Gasteiger partial charge on any atom is -0.459 e. The van der Waals surface area contributed by atoms with Gasteiger partial charge in [0.05, 0.1) is 11.8 Å². The Hall–Kier alpha value is -0.990. The van der Waals surface area contributed by atoms with Gasteiger partial charge in [-0.05, 0) is 31.6 Å². The molecule has 3 atom stereocenters. The molecule has 0 unspecified atom stereocenters. The van der Waals surface area contributed by atoms with Crippen LogP contribution in [0.15, 0.2) is 11.8 Å². The van der Waals surface area contributed by atoms with E-state index >= 15 is 0 Å². The van der Waals surface area contributed by atoms with Gasteiger partial charge in [-0.25, -0.2) is 4.79 Å². The normalized spacial score (nSPS) is 37.7. The summed E-state index contributed by atoms with van der Waals surface area (Å²) in [4.78, 5) is 11.8. The molecule has 0 N–H and O–H groups in total. The molecule has 3 heteroatoms. The van der Waals surface area contributed by atoms with Crippen molar-refractivity contribution in [1.29, 1.82) is 0 Å². The lowest BCUT2D eigenvalue weighted by Crippen LogP contribution is -2.51. The van der Waals surface area contributed by atoms with Gasteiger partial charge in [0.2, 0.25) is 0 Å². The first-order chi connectivity index (χ1) is 7.94. The van der Waals surface area contributed by atoms with Crippen LogP contribution in [-0.2, 0) is 14.3 Å². The third kappa shape index (κ3) is 2.20. The van der Waals surface area contributed by atoms with Crippen molar-refractivity contribution in [3.8, 4) is 0 Å². The molecule has 96 valence electrons. The van der Waals surface area contributed by atoms with Crippen LogP contribution in [0.1, 0.15) is 47.0 Å². The van der Waals surface area contributed by atoms with E-state index in [2.05, 4.69) is 20.8 Å². The molecule has 1 fully saturated rings. The highest BCUT2D eigenvalue weighted by Crippen LogP contribution is 2.46. The first kappa shape index (κ1) is 12.5. The van der Waals surface area contributed by atoms with E-state index in [9.17, 15) is 4.79 Å². The largest absolute Gasteiger partial charge is 0.459 e. The van der Waals surface area contributed by atoms with E-state index in [1.807, 2.05) is 0 Å². The lowest BCUT2D eigenvalue weighted by molar-refractivity contribution is -0.263. The summed E-state index contributed by atoms with van der Waals surface area (Å²) in [6, 6.07) is 0. The molecule has 3 nitrogen and oxygen atoms in total. The van der Waals surface area contributed by atoms with Crippen molar-refractivity contribution in [2.75, 3.05) is 0 Å². The van der Waals surface area contributed by atoms with E-state index < -0.39 is 5.79 Å². The highest BCUT2D eigenvalue weighted by atomic mass is 16.7. The molecule has 0 bridgehead atoms. The Bertz CT molecular complexity index is 345. The fraction of sp³-hybridized carbons (Fsp3) is 0.786. The number of rotatable bonds is 1. The molecule has 1 saturated carbocycles. The van der Waals surface area contributed by atoms with Gasteiger partial charge in [0, 0.05) is 12.3 Å². The summed E-state index contributed by atoms with van der Waals surface area (Å²) in [6.45, 7) is 8.27. The average molecular weight is 238 g/mol. The van der Waals surface area contributed by atoms with Crippen molar-refractivity contribution in [1.82, 2.24) is 0 Å². The number of hydrogen-bond acceptors (Lipinski definition) is 3. The molecule has 0 saturated heterocycles. The Kier molecular flexibility index (Phi) is 3.19. The summed E-state index contributed by atoms with van der Waals surface area (Å²) in [7, 11) is 0. The van der Waals surface area contributed by atoms with Gasteiger partial charge in [-0.15, -0.1) is 0 Å². The molecule has 0 aromatic carbocycles. The standard InChI is InChI=1S/C14H22O3/c1-9(2)12-6-5-10(3)7-14(12)16-8-11(4)13(15)17-14/h8-10,12H,5-7H2,1-4H3/t10-,12+,14-/m1/s1. The van der Waals surface area contributed by atoms with Gasteiger partial charge in [0.1, 0.15) is 0 Å². The summed E-state index contributed by atoms with van der Waals surface area (Å²) in [6.07, 6.45) is 4.65. The van der Waals surface area contributed by atoms with Crippen molar-refractivity contribution in [3.63, 3.8) is 0 Å². The van der Waals surface area contributed by atoms with E-state index in [-0.39, 0.29) is 5.97 Å². The highest BCUT2D eigenvalue weighted by Gasteiger charge is 2.50.